The van der Waals surface area contributed by atoms with Crippen LogP contribution in [-0.4, -0.2) is 18.4 Å². The van der Waals surface area contributed by atoms with Crippen molar-refractivity contribution in [2.45, 2.75) is 19.8 Å². The molecule has 138 valence electrons. The van der Waals surface area contributed by atoms with E-state index in [1.807, 2.05) is 6.92 Å². The molecule has 0 bridgehead atoms. The third-order valence-corrected chi connectivity index (χ3v) is 3.90. The highest BCUT2D eigenvalue weighted by molar-refractivity contribution is 6.31. The highest BCUT2D eigenvalue weighted by atomic mass is 35.5. The lowest BCUT2D eigenvalue weighted by atomic mass is 10.2. The summed E-state index contributed by atoms with van der Waals surface area (Å²) < 4.78 is 19.2. The maximum atomic E-state index is 13.6. The molecule has 26 heavy (non-hydrogen) atoms. The fourth-order valence-corrected chi connectivity index (χ4v) is 2.50. The third-order valence-electron chi connectivity index (χ3n) is 3.43. The number of hydrogen-bond donors (Lipinski definition) is 2. The molecule has 0 saturated heterocycles. The highest BCUT2D eigenvalue weighted by Crippen LogP contribution is 2.21. The van der Waals surface area contributed by atoms with Gasteiger partial charge in [-0.3, -0.25) is 20.4 Å². The first-order chi connectivity index (χ1) is 12.4. The van der Waals surface area contributed by atoms with E-state index in [4.69, 9.17) is 27.9 Å². The van der Waals surface area contributed by atoms with Crippen LogP contribution in [-0.2, 0) is 4.79 Å². The van der Waals surface area contributed by atoms with Gasteiger partial charge in [-0.2, -0.15) is 0 Å². The van der Waals surface area contributed by atoms with E-state index in [0.29, 0.717) is 23.8 Å². The largest absolute Gasteiger partial charge is 0.493 e. The standard InChI is InChI=1S/C18H17Cl2FN2O3/c1-11-9-12(19)5-7-16(11)26-8-2-3-17(24)22-23-18(25)14-6-4-13(20)10-15(14)21/h4-7,9-10H,2-3,8H2,1H3,(H,22,24)(H,23,25). The predicted molar refractivity (Wildman–Crippen MR) is 97.9 cm³/mol. The predicted octanol–water partition coefficient (Wildman–Crippen LogP) is 4.06. The first-order valence-corrected chi connectivity index (χ1v) is 8.55. The Morgan fingerprint density at radius 1 is 1.08 bits per heavy atom. The fraction of sp³-hybridized carbons (Fsp3) is 0.222. The van der Waals surface area contributed by atoms with Gasteiger partial charge in [-0.05, 0) is 55.3 Å². The Kier molecular flexibility index (Phi) is 7.24. The van der Waals surface area contributed by atoms with Gasteiger partial charge in [0.05, 0.1) is 12.2 Å². The third kappa shape index (κ3) is 5.89. The Morgan fingerprint density at radius 2 is 1.77 bits per heavy atom. The molecule has 2 rings (SSSR count). The molecule has 5 nitrogen and oxygen atoms in total. The molecule has 2 N–H and O–H groups in total. The molecule has 0 heterocycles. The molecule has 0 aliphatic rings. The monoisotopic (exact) mass is 398 g/mol. The van der Waals surface area contributed by atoms with Crippen LogP contribution in [0.25, 0.3) is 0 Å². The molecule has 0 fully saturated rings. The van der Waals surface area contributed by atoms with Crippen LogP contribution < -0.4 is 15.6 Å². The topological polar surface area (TPSA) is 67.4 Å². The zero-order chi connectivity index (χ0) is 19.1. The smallest absolute Gasteiger partial charge is 0.272 e. The van der Waals surface area contributed by atoms with E-state index in [1.54, 1.807) is 18.2 Å². The average molecular weight is 399 g/mol. The molecule has 0 radical (unpaired) electrons. The van der Waals surface area contributed by atoms with E-state index in [9.17, 15) is 14.0 Å². The van der Waals surface area contributed by atoms with Crippen LogP contribution in [0, 0.1) is 12.7 Å². The van der Waals surface area contributed by atoms with Crippen molar-refractivity contribution < 1.29 is 18.7 Å². The number of ether oxygens (including phenoxy) is 1. The molecular weight excluding hydrogens is 382 g/mol. The van der Waals surface area contributed by atoms with Crippen molar-refractivity contribution in [1.29, 1.82) is 0 Å². The Balaban J connectivity index is 1.71. The van der Waals surface area contributed by atoms with Gasteiger partial charge >= 0.3 is 0 Å². The van der Waals surface area contributed by atoms with E-state index >= 15 is 0 Å². The lowest BCUT2D eigenvalue weighted by molar-refractivity contribution is -0.122. The maximum Gasteiger partial charge on any atom is 0.272 e. The molecule has 0 aliphatic carbocycles. The average Bonchev–Trinajstić information content (AvgIpc) is 2.58. The number of carbonyl (C=O) groups is 2. The maximum absolute atomic E-state index is 13.6. The fourth-order valence-electron chi connectivity index (χ4n) is 2.12. The summed E-state index contributed by atoms with van der Waals surface area (Å²) in [5.74, 6) is -1.25. The van der Waals surface area contributed by atoms with Crippen LogP contribution in [0.1, 0.15) is 28.8 Å². The zero-order valence-electron chi connectivity index (χ0n) is 13.9. The molecule has 2 amide bonds. The minimum absolute atomic E-state index is 0.135. The van der Waals surface area contributed by atoms with Crippen LogP contribution in [0.2, 0.25) is 10.0 Å². The van der Waals surface area contributed by atoms with E-state index in [-0.39, 0.29) is 17.0 Å². The number of halogens is 3. The van der Waals surface area contributed by atoms with Crippen LogP contribution in [0.15, 0.2) is 36.4 Å². The van der Waals surface area contributed by atoms with E-state index in [2.05, 4.69) is 10.9 Å². The van der Waals surface area contributed by atoms with E-state index < -0.39 is 17.6 Å². The molecule has 0 atom stereocenters. The van der Waals surface area contributed by atoms with Gasteiger partial charge in [-0.15, -0.1) is 0 Å². The highest BCUT2D eigenvalue weighted by Gasteiger charge is 2.12. The van der Waals surface area contributed by atoms with Gasteiger partial charge in [-0.1, -0.05) is 23.2 Å². The lowest BCUT2D eigenvalue weighted by Gasteiger charge is -2.10. The molecule has 0 spiro atoms. The molecule has 2 aromatic rings. The summed E-state index contributed by atoms with van der Waals surface area (Å²) in [4.78, 5) is 23.5. The number of benzene rings is 2. The minimum atomic E-state index is -0.768. The first kappa shape index (κ1) is 20.0. The number of carbonyl (C=O) groups excluding carboxylic acids is 2. The summed E-state index contributed by atoms with van der Waals surface area (Å²) in [6, 6.07) is 8.92. The zero-order valence-corrected chi connectivity index (χ0v) is 15.5. The number of nitrogens with one attached hydrogen (secondary N) is 2. The molecule has 0 unspecified atom stereocenters. The molecule has 0 saturated carbocycles. The second-order valence-electron chi connectivity index (χ2n) is 5.49. The Morgan fingerprint density at radius 3 is 2.46 bits per heavy atom. The Bertz CT molecular complexity index is 815. The van der Waals surface area contributed by atoms with Gasteiger partial charge in [0.25, 0.3) is 5.91 Å². The second-order valence-corrected chi connectivity index (χ2v) is 6.36. The quantitative estimate of drug-likeness (QED) is 0.569. The SMILES string of the molecule is Cc1cc(Cl)ccc1OCCCC(=O)NNC(=O)c1ccc(Cl)cc1F. The van der Waals surface area contributed by atoms with Gasteiger partial charge in [0, 0.05) is 16.5 Å². The molecule has 2 aromatic carbocycles. The number of hydrazine groups is 1. The summed E-state index contributed by atoms with van der Waals surface area (Å²) in [5, 5.41) is 0.807. The number of amides is 2. The van der Waals surface area contributed by atoms with E-state index in [0.717, 1.165) is 11.6 Å². The van der Waals surface area contributed by atoms with Crippen molar-refractivity contribution in [1.82, 2.24) is 10.9 Å². The van der Waals surface area contributed by atoms with Crippen molar-refractivity contribution in [3.05, 3.63) is 63.4 Å². The van der Waals surface area contributed by atoms with Crippen LogP contribution in [0.5, 0.6) is 5.75 Å². The van der Waals surface area contributed by atoms with Crippen molar-refractivity contribution in [3.63, 3.8) is 0 Å². The van der Waals surface area contributed by atoms with Crippen molar-refractivity contribution in [3.8, 4) is 5.75 Å². The van der Waals surface area contributed by atoms with Crippen LogP contribution in [0.3, 0.4) is 0 Å². The van der Waals surface area contributed by atoms with Crippen molar-refractivity contribution in [2.24, 2.45) is 0 Å². The Labute approximate surface area is 160 Å². The minimum Gasteiger partial charge on any atom is -0.493 e. The van der Waals surface area contributed by atoms with E-state index in [1.165, 1.54) is 12.1 Å². The second kappa shape index (κ2) is 9.40. The molecular formula is C18H17Cl2FN2O3. The summed E-state index contributed by atoms with van der Waals surface area (Å²) in [5.41, 5.74) is 5.08. The van der Waals surface area contributed by atoms with Crippen molar-refractivity contribution >= 4 is 35.0 Å². The summed E-state index contributed by atoms with van der Waals surface area (Å²) >= 11 is 11.5. The molecule has 8 heteroatoms. The number of aryl methyl sites for hydroxylation is 1. The number of hydrogen-bond acceptors (Lipinski definition) is 3. The van der Waals surface area contributed by atoms with Gasteiger partial charge in [-0.25, -0.2) is 4.39 Å². The lowest BCUT2D eigenvalue weighted by Crippen LogP contribution is -2.41. The van der Waals surface area contributed by atoms with Crippen LogP contribution >= 0.6 is 23.2 Å². The van der Waals surface area contributed by atoms with Crippen molar-refractivity contribution in [2.75, 3.05) is 6.61 Å². The summed E-state index contributed by atoms with van der Waals surface area (Å²) in [7, 11) is 0. The normalized spacial score (nSPS) is 10.3. The molecule has 0 aromatic heterocycles. The van der Waals surface area contributed by atoms with Crippen LogP contribution in [0.4, 0.5) is 4.39 Å². The van der Waals surface area contributed by atoms with Gasteiger partial charge in [0.2, 0.25) is 5.91 Å². The molecule has 0 aliphatic heterocycles. The summed E-state index contributed by atoms with van der Waals surface area (Å²) in [6.07, 6.45) is 0.578. The van der Waals surface area contributed by atoms with Gasteiger partial charge in [0.15, 0.2) is 0 Å². The van der Waals surface area contributed by atoms with Gasteiger partial charge in [0.1, 0.15) is 11.6 Å². The van der Waals surface area contributed by atoms with Gasteiger partial charge < -0.3 is 4.74 Å². The Hall–Kier alpha value is -2.31. The number of rotatable bonds is 6. The summed E-state index contributed by atoms with van der Waals surface area (Å²) in [6.45, 7) is 2.20. The first-order valence-electron chi connectivity index (χ1n) is 7.80.